The molecule has 5 heteroatoms. The molecule has 1 atom stereocenters. The number of Topliss-reactive ketones (excluding diaryl/α,β-unsaturated/α-hetero) is 1. The van der Waals surface area contributed by atoms with E-state index in [4.69, 9.17) is 4.42 Å². The van der Waals surface area contributed by atoms with E-state index in [1.165, 1.54) is 6.92 Å². The highest BCUT2D eigenvalue weighted by molar-refractivity contribution is 14.1. The van der Waals surface area contributed by atoms with E-state index < -0.39 is 11.5 Å². The molecule has 24 heavy (non-hydrogen) atoms. The molecule has 1 N–H and O–H groups in total. The Hall–Kier alpha value is -2.15. The molecule has 4 nitrogen and oxygen atoms in total. The van der Waals surface area contributed by atoms with Crippen LogP contribution < -0.4 is 5.63 Å². The van der Waals surface area contributed by atoms with Crippen LogP contribution in [-0.4, -0.2) is 10.9 Å². The molecule has 0 amide bonds. The Morgan fingerprint density at radius 3 is 2.58 bits per heavy atom. The van der Waals surface area contributed by atoms with Crippen molar-refractivity contribution in [1.82, 2.24) is 0 Å². The van der Waals surface area contributed by atoms with Crippen LogP contribution in [0.25, 0.3) is 11.0 Å². The van der Waals surface area contributed by atoms with Gasteiger partial charge in [0.05, 0.1) is 10.9 Å². The first-order valence-corrected chi connectivity index (χ1v) is 8.55. The molecular weight excluding hydrogens is 419 g/mol. The minimum atomic E-state index is -0.615. The van der Waals surface area contributed by atoms with Crippen molar-refractivity contribution in [3.05, 3.63) is 73.6 Å². The largest absolute Gasteiger partial charge is 0.507 e. The van der Waals surface area contributed by atoms with Crippen molar-refractivity contribution >= 4 is 39.3 Å². The molecule has 0 bridgehead atoms. The van der Waals surface area contributed by atoms with E-state index in [9.17, 15) is 14.7 Å². The summed E-state index contributed by atoms with van der Waals surface area (Å²) in [6.45, 7) is 1.47. The lowest BCUT2D eigenvalue weighted by atomic mass is 9.87. The maximum atomic E-state index is 12.5. The second kappa shape index (κ2) is 6.76. The Bertz CT molecular complexity index is 960. The van der Waals surface area contributed by atoms with Crippen molar-refractivity contribution in [2.45, 2.75) is 19.3 Å². The van der Waals surface area contributed by atoms with E-state index >= 15 is 0 Å². The van der Waals surface area contributed by atoms with Gasteiger partial charge in [-0.15, -0.1) is 0 Å². The maximum Gasteiger partial charge on any atom is 0.343 e. The number of benzene rings is 2. The minimum Gasteiger partial charge on any atom is -0.507 e. The lowest BCUT2D eigenvalue weighted by molar-refractivity contribution is -0.117. The number of halogens is 1. The fraction of sp³-hybridized carbons (Fsp3) is 0.158. The van der Waals surface area contributed by atoms with E-state index in [-0.39, 0.29) is 23.5 Å². The van der Waals surface area contributed by atoms with E-state index in [1.54, 1.807) is 18.2 Å². The smallest absolute Gasteiger partial charge is 0.343 e. The molecule has 0 aliphatic heterocycles. The average Bonchev–Trinajstić information content (AvgIpc) is 2.55. The molecule has 0 radical (unpaired) electrons. The Morgan fingerprint density at radius 1 is 1.21 bits per heavy atom. The molecule has 2 aromatic carbocycles. The summed E-state index contributed by atoms with van der Waals surface area (Å²) in [6.07, 6.45) is 0.123. The summed E-state index contributed by atoms with van der Waals surface area (Å²) in [5.41, 5.74) is 0.638. The SMILES string of the molecule is CC(=O)CC(c1ccccc1)c1c(O)c2cc(I)ccc2oc1=O. The molecule has 122 valence electrons. The molecule has 0 aliphatic rings. The van der Waals surface area contributed by atoms with Gasteiger partial charge < -0.3 is 9.52 Å². The van der Waals surface area contributed by atoms with Crippen molar-refractivity contribution in [2.24, 2.45) is 0 Å². The van der Waals surface area contributed by atoms with Crippen molar-refractivity contribution in [1.29, 1.82) is 0 Å². The lowest BCUT2D eigenvalue weighted by Crippen LogP contribution is -2.16. The zero-order valence-corrected chi connectivity index (χ0v) is 15.1. The number of ketones is 1. The molecule has 0 aliphatic carbocycles. The van der Waals surface area contributed by atoms with Gasteiger partial charge in [-0.3, -0.25) is 4.79 Å². The highest BCUT2D eigenvalue weighted by Crippen LogP contribution is 2.36. The second-order valence-corrected chi connectivity index (χ2v) is 6.91. The van der Waals surface area contributed by atoms with Crippen LogP contribution >= 0.6 is 22.6 Å². The van der Waals surface area contributed by atoms with Crippen molar-refractivity contribution < 1.29 is 14.3 Å². The first-order valence-electron chi connectivity index (χ1n) is 7.47. The van der Waals surface area contributed by atoms with E-state index in [1.807, 2.05) is 30.3 Å². The number of hydrogen-bond acceptors (Lipinski definition) is 4. The number of carbonyl (C=O) groups excluding carboxylic acids is 1. The predicted octanol–water partition coefficient (Wildman–Crippen LogP) is 4.21. The normalized spacial score (nSPS) is 12.2. The number of rotatable bonds is 4. The van der Waals surface area contributed by atoms with Gasteiger partial charge in [-0.05, 0) is 53.3 Å². The highest BCUT2D eigenvalue weighted by Gasteiger charge is 2.25. The van der Waals surface area contributed by atoms with Crippen LogP contribution in [0.5, 0.6) is 5.75 Å². The number of carbonyl (C=O) groups is 1. The molecule has 1 unspecified atom stereocenters. The summed E-state index contributed by atoms with van der Waals surface area (Å²) >= 11 is 2.13. The fourth-order valence-corrected chi connectivity index (χ4v) is 3.33. The third-order valence-corrected chi connectivity index (χ3v) is 4.59. The monoisotopic (exact) mass is 434 g/mol. The van der Waals surface area contributed by atoms with Crippen LogP contribution in [0.15, 0.2) is 57.7 Å². The van der Waals surface area contributed by atoms with Gasteiger partial charge in [0.2, 0.25) is 0 Å². The summed E-state index contributed by atoms with van der Waals surface area (Å²) in [5.74, 6) is -0.720. The molecule has 0 fully saturated rings. The van der Waals surface area contributed by atoms with Crippen LogP contribution in [0.4, 0.5) is 0 Å². The van der Waals surface area contributed by atoms with Crippen molar-refractivity contribution in [2.75, 3.05) is 0 Å². The topological polar surface area (TPSA) is 67.5 Å². The van der Waals surface area contributed by atoms with Crippen LogP contribution in [0.1, 0.15) is 30.4 Å². The van der Waals surface area contributed by atoms with Crippen LogP contribution in [0, 0.1) is 3.57 Å². The van der Waals surface area contributed by atoms with Crippen molar-refractivity contribution in [3.8, 4) is 5.75 Å². The summed E-state index contributed by atoms with van der Waals surface area (Å²) in [5, 5.41) is 11.2. The number of aromatic hydroxyl groups is 1. The van der Waals surface area contributed by atoms with Gasteiger partial charge in [0, 0.05) is 15.9 Å². The third kappa shape index (κ3) is 3.21. The van der Waals surface area contributed by atoms with E-state index in [0.717, 1.165) is 9.13 Å². The number of hydrogen-bond donors (Lipinski definition) is 1. The Balaban J connectivity index is 2.28. The third-order valence-electron chi connectivity index (χ3n) is 3.92. The number of fused-ring (bicyclic) bond motifs is 1. The summed E-state index contributed by atoms with van der Waals surface area (Å²) in [7, 11) is 0. The lowest BCUT2D eigenvalue weighted by Gasteiger charge is -2.17. The fourth-order valence-electron chi connectivity index (χ4n) is 2.84. The minimum absolute atomic E-state index is 0.0645. The zero-order valence-electron chi connectivity index (χ0n) is 13.0. The molecule has 0 saturated heterocycles. The van der Waals surface area contributed by atoms with Crippen molar-refractivity contribution in [3.63, 3.8) is 0 Å². The van der Waals surface area contributed by atoms with Gasteiger partial charge in [-0.1, -0.05) is 30.3 Å². The van der Waals surface area contributed by atoms with E-state index in [2.05, 4.69) is 22.6 Å². The van der Waals surface area contributed by atoms with Crippen LogP contribution in [0.2, 0.25) is 0 Å². The first-order chi connectivity index (χ1) is 11.5. The van der Waals surface area contributed by atoms with Crippen LogP contribution in [0.3, 0.4) is 0 Å². The quantitative estimate of drug-likeness (QED) is 0.494. The van der Waals surface area contributed by atoms with Gasteiger partial charge in [-0.25, -0.2) is 4.79 Å². The maximum absolute atomic E-state index is 12.5. The summed E-state index contributed by atoms with van der Waals surface area (Å²) in [4.78, 5) is 24.2. The molecule has 3 aromatic rings. The molecule has 1 aromatic heterocycles. The van der Waals surface area contributed by atoms with Gasteiger partial charge in [0.1, 0.15) is 17.1 Å². The van der Waals surface area contributed by atoms with Gasteiger partial charge >= 0.3 is 5.63 Å². The second-order valence-electron chi connectivity index (χ2n) is 5.66. The molecule has 0 saturated carbocycles. The van der Waals surface area contributed by atoms with Gasteiger partial charge in [-0.2, -0.15) is 0 Å². The predicted molar refractivity (Wildman–Crippen MR) is 100 cm³/mol. The van der Waals surface area contributed by atoms with Crippen LogP contribution in [-0.2, 0) is 4.79 Å². The summed E-state index contributed by atoms with van der Waals surface area (Å²) < 4.78 is 6.30. The Morgan fingerprint density at radius 2 is 1.92 bits per heavy atom. The van der Waals surface area contributed by atoms with Gasteiger partial charge in [0.25, 0.3) is 0 Å². The molecule has 0 spiro atoms. The average molecular weight is 434 g/mol. The Labute approximate surface area is 152 Å². The van der Waals surface area contributed by atoms with E-state index in [0.29, 0.717) is 11.0 Å². The molecular formula is C19H15IO4. The highest BCUT2D eigenvalue weighted by atomic mass is 127. The standard InChI is InChI=1S/C19H15IO4/c1-11(21)9-14(12-5-3-2-4-6-12)17-18(22)15-10-13(20)7-8-16(15)24-19(17)23/h2-8,10,14,22H,9H2,1H3. The first kappa shape index (κ1) is 16.7. The molecule has 1 heterocycles. The summed E-state index contributed by atoms with van der Waals surface area (Å²) in [6, 6.07) is 14.4. The van der Waals surface area contributed by atoms with Gasteiger partial charge in [0.15, 0.2) is 0 Å². The zero-order chi connectivity index (χ0) is 17.3. The molecule has 3 rings (SSSR count). The Kier molecular flexibility index (Phi) is 4.71.